The highest BCUT2D eigenvalue weighted by Gasteiger charge is 2.40. The zero-order valence-corrected chi connectivity index (χ0v) is 19.7. The van der Waals surface area contributed by atoms with E-state index in [0.29, 0.717) is 39.2 Å². The van der Waals surface area contributed by atoms with Crippen molar-refractivity contribution in [1.82, 2.24) is 0 Å². The minimum absolute atomic E-state index is 0.178. The Hall–Kier alpha value is -3.57. The number of nitrogens with one attached hydrogen (secondary N) is 1. The highest BCUT2D eigenvalue weighted by atomic mass is 35.5. The summed E-state index contributed by atoms with van der Waals surface area (Å²) >= 11 is 6.19. The van der Waals surface area contributed by atoms with E-state index in [9.17, 15) is 9.59 Å². The van der Waals surface area contributed by atoms with Crippen molar-refractivity contribution in [2.45, 2.75) is 26.7 Å². The number of carbonyl (C=O) groups is 2. The largest absolute Gasteiger partial charge is 0.495 e. The lowest BCUT2D eigenvalue weighted by molar-refractivity contribution is -0.120. The van der Waals surface area contributed by atoms with Gasteiger partial charge in [-0.2, -0.15) is 0 Å². The standard InChI is InChI=1S/C27H25ClN2O3/c1-16(2)18-9-12-21(13-10-18)30-26(31)24(19-7-5-17(3)6-8-19)25(27(30)32)29-22-15-20(28)11-14-23(22)33-4/h5-16,29H,1-4H3. The van der Waals surface area contributed by atoms with E-state index in [1.807, 2.05) is 43.3 Å². The first-order chi connectivity index (χ1) is 15.8. The van der Waals surface area contributed by atoms with E-state index in [2.05, 4.69) is 19.2 Å². The number of carbonyl (C=O) groups excluding carboxylic acids is 2. The number of aryl methyl sites for hydroxylation is 1. The molecule has 0 aliphatic carbocycles. The first-order valence-electron chi connectivity index (χ1n) is 10.7. The van der Waals surface area contributed by atoms with E-state index in [1.54, 1.807) is 30.3 Å². The molecule has 1 heterocycles. The summed E-state index contributed by atoms with van der Waals surface area (Å²) in [4.78, 5) is 28.4. The lowest BCUT2D eigenvalue weighted by Crippen LogP contribution is -2.32. The molecule has 1 N–H and O–H groups in total. The number of methoxy groups -OCH3 is 1. The van der Waals surface area contributed by atoms with Gasteiger partial charge in [0.25, 0.3) is 11.8 Å². The average Bonchev–Trinajstić information content (AvgIpc) is 3.04. The Balaban J connectivity index is 1.82. The minimum atomic E-state index is -0.435. The van der Waals surface area contributed by atoms with Crippen LogP contribution in [0.3, 0.4) is 0 Å². The molecule has 2 amide bonds. The Morgan fingerprint density at radius 2 is 1.58 bits per heavy atom. The summed E-state index contributed by atoms with van der Waals surface area (Å²) in [5, 5.41) is 3.61. The molecule has 168 valence electrons. The molecule has 3 aromatic rings. The van der Waals surface area contributed by atoms with Crippen LogP contribution in [0, 0.1) is 6.92 Å². The molecule has 0 aromatic heterocycles. The molecule has 5 nitrogen and oxygen atoms in total. The number of anilines is 2. The molecule has 0 unspecified atom stereocenters. The number of imide groups is 1. The summed E-state index contributed by atoms with van der Waals surface area (Å²) in [5.41, 5.74) is 4.35. The maximum Gasteiger partial charge on any atom is 0.282 e. The molecule has 0 radical (unpaired) electrons. The molecule has 0 spiro atoms. The average molecular weight is 461 g/mol. The van der Waals surface area contributed by atoms with Gasteiger partial charge >= 0.3 is 0 Å². The van der Waals surface area contributed by atoms with E-state index in [-0.39, 0.29) is 11.6 Å². The number of hydrogen-bond donors (Lipinski definition) is 1. The SMILES string of the molecule is COc1ccc(Cl)cc1NC1=C(c2ccc(C)cc2)C(=O)N(c2ccc(C(C)C)cc2)C1=O. The van der Waals surface area contributed by atoms with Crippen molar-refractivity contribution in [2.24, 2.45) is 0 Å². The van der Waals surface area contributed by atoms with Crippen LogP contribution in [0.1, 0.15) is 36.5 Å². The second-order valence-corrected chi connectivity index (χ2v) is 8.71. The molecule has 6 heteroatoms. The third kappa shape index (κ3) is 4.37. The first kappa shape index (κ1) is 22.6. The lowest BCUT2D eigenvalue weighted by Gasteiger charge is -2.17. The molecule has 0 atom stereocenters. The maximum absolute atomic E-state index is 13.6. The predicted molar refractivity (Wildman–Crippen MR) is 133 cm³/mol. The molecular formula is C27H25ClN2O3. The van der Waals surface area contributed by atoms with Gasteiger partial charge in [-0.05, 0) is 54.3 Å². The fraction of sp³-hybridized carbons (Fsp3) is 0.185. The Morgan fingerprint density at radius 1 is 0.909 bits per heavy atom. The second kappa shape index (κ2) is 9.12. The summed E-state index contributed by atoms with van der Waals surface area (Å²) in [6.45, 7) is 6.16. The smallest absolute Gasteiger partial charge is 0.282 e. The Morgan fingerprint density at radius 3 is 2.18 bits per heavy atom. The molecule has 0 saturated carbocycles. The molecule has 1 aliphatic heterocycles. The van der Waals surface area contributed by atoms with Crippen LogP contribution >= 0.6 is 11.6 Å². The molecule has 3 aromatic carbocycles. The van der Waals surface area contributed by atoms with E-state index in [4.69, 9.17) is 16.3 Å². The second-order valence-electron chi connectivity index (χ2n) is 8.28. The summed E-state index contributed by atoms with van der Waals surface area (Å²) in [7, 11) is 1.54. The van der Waals surface area contributed by atoms with Crippen LogP contribution in [-0.2, 0) is 9.59 Å². The van der Waals surface area contributed by atoms with E-state index < -0.39 is 5.91 Å². The fourth-order valence-corrected chi connectivity index (χ4v) is 3.96. The fourth-order valence-electron chi connectivity index (χ4n) is 3.79. The van der Waals surface area contributed by atoms with Crippen molar-refractivity contribution in [3.8, 4) is 5.75 Å². The maximum atomic E-state index is 13.6. The van der Waals surface area contributed by atoms with Crippen molar-refractivity contribution in [2.75, 3.05) is 17.3 Å². The van der Waals surface area contributed by atoms with Crippen molar-refractivity contribution in [1.29, 1.82) is 0 Å². The van der Waals surface area contributed by atoms with Crippen molar-refractivity contribution >= 4 is 40.4 Å². The van der Waals surface area contributed by atoms with Crippen LogP contribution in [0.5, 0.6) is 5.75 Å². The number of halogens is 1. The van der Waals surface area contributed by atoms with Crippen LogP contribution in [-0.4, -0.2) is 18.9 Å². The number of hydrogen-bond acceptors (Lipinski definition) is 4. The monoisotopic (exact) mass is 460 g/mol. The van der Waals surface area contributed by atoms with Crippen LogP contribution in [0.15, 0.2) is 72.4 Å². The van der Waals surface area contributed by atoms with Gasteiger partial charge in [-0.25, -0.2) is 4.90 Å². The van der Waals surface area contributed by atoms with E-state index in [1.165, 1.54) is 12.0 Å². The Bertz CT molecular complexity index is 1250. The number of ether oxygens (including phenoxy) is 1. The first-order valence-corrected chi connectivity index (χ1v) is 11.1. The van der Waals surface area contributed by atoms with Crippen LogP contribution in [0.2, 0.25) is 5.02 Å². The van der Waals surface area contributed by atoms with Gasteiger partial charge in [0.15, 0.2) is 0 Å². The van der Waals surface area contributed by atoms with Crippen molar-refractivity contribution in [3.63, 3.8) is 0 Å². The Kier molecular flexibility index (Phi) is 6.25. The number of benzene rings is 3. The zero-order valence-electron chi connectivity index (χ0n) is 19.0. The van der Waals surface area contributed by atoms with Gasteiger partial charge in [0.1, 0.15) is 11.4 Å². The van der Waals surface area contributed by atoms with Crippen LogP contribution in [0.4, 0.5) is 11.4 Å². The van der Waals surface area contributed by atoms with Crippen molar-refractivity contribution in [3.05, 3.63) is 94.1 Å². The number of nitrogens with zero attached hydrogens (tertiary/aromatic N) is 1. The predicted octanol–water partition coefficient (Wildman–Crippen LogP) is 6.18. The molecule has 33 heavy (non-hydrogen) atoms. The van der Waals surface area contributed by atoms with Crippen LogP contribution < -0.4 is 15.0 Å². The third-order valence-electron chi connectivity index (χ3n) is 5.66. The lowest BCUT2D eigenvalue weighted by atomic mass is 10.0. The van der Waals surface area contributed by atoms with Gasteiger partial charge in [0, 0.05) is 5.02 Å². The van der Waals surface area contributed by atoms with Gasteiger partial charge in [-0.3, -0.25) is 9.59 Å². The summed E-state index contributed by atoms with van der Waals surface area (Å²) in [5.74, 6) is 0.0347. The quantitative estimate of drug-likeness (QED) is 0.446. The minimum Gasteiger partial charge on any atom is -0.495 e. The normalized spacial score (nSPS) is 13.8. The van der Waals surface area contributed by atoms with Gasteiger partial charge in [0.05, 0.1) is 24.1 Å². The molecule has 1 aliphatic rings. The molecule has 0 bridgehead atoms. The van der Waals surface area contributed by atoms with Gasteiger partial charge in [-0.15, -0.1) is 0 Å². The van der Waals surface area contributed by atoms with E-state index >= 15 is 0 Å². The molecule has 0 fully saturated rings. The molecule has 0 saturated heterocycles. The summed E-state index contributed by atoms with van der Waals surface area (Å²) in [6.07, 6.45) is 0. The highest BCUT2D eigenvalue weighted by molar-refractivity contribution is 6.46. The van der Waals surface area contributed by atoms with Gasteiger partial charge in [-0.1, -0.05) is 67.4 Å². The number of amides is 2. The van der Waals surface area contributed by atoms with E-state index in [0.717, 1.165) is 11.1 Å². The highest BCUT2D eigenvalue weighted by Crippen LogP contribution is 2.37. The summed E-state index contributed by atoms with van der Waals surface area (Å²) in [6, 6.07) is 20.1. The van der Waals surface area contributed by atoms with Crippen molar-refractivity contribution < 1.29 is 14.3 Å². The molecule has 4 rings (SSSR count). The zero-order chi connectivity index (χ0) is 23.7. The third-order valence-corrected chi connectivity index (χ3v) is 5.90. The topological polar surface area (TPSA) is 58.6 Å². The van der Waals surface area contributed by atoms with Crippen LogP contribution in [0.25, 0.3) is 5.57 Å². The van der Waals surface area contributed by atoms with Gasteiger partial charge in [0.2, 0.25) is 0 Å². The number of rotatable bonds is 6. The molecular weight excluding hydrogens is 436 g/mol. The Labute approximate surface area is 198 Å². The van der Waals surface area contributed by atoms with Gasteiger partial charge < -0.3 is 10.1 Å². The summed E-state index contributed by atoms with van der Waals surface area (Å²) < 4.78 is 5.42.